The monoisotopic (exact) mass is 382 g/mol. The number of nitrogens with one attached hydrogen (secondary N) is 2. The summed E-state index contributed by atoms with van der Waals surface area (Å²) in [6.07, 6.45) is 2.46. The molecule has 1 aromatic carbocycles. The van der Waals surface area contributed by atoms with Gasteiger partial charge < -0.3 is 15.2 Å². The fourth-order valence-corrected chi connectivity index (χ4v) is 3.61. The maximum atomic E-state index is 13.7. The Morgan fingerprint density at radius 2 is 2.00 bits per heavy atom. The number of aromatic nitrogens is 3. The number of hydrogen-bond acceptors (Lipinski definition) is 5. The molecular formula is C16H23FN6O2S. The van der Waals surface area contributed by atoms with Crippen LogP contribution in [-0.2, 0) is 22.8 Å². The minimum Gasteiger partial charge on any atom is -0.355 e. The lowest BCUT2D eigenvalue weighted by Gasteiger charge is -2.13. The first-order chi connectivity index (χ1) is 12.5. The first-order valence-corrected chi connectivity index (χ1v) is 9.91. The first-order valence-electron chi connectivity index (χ1n) is 8.26. The number of aryl methyl sites for hydroxylation is 1. The van der Waals surface area contributed by atoms with Crippen LogP contribution in [0.25, 0.3) is 0 Å². The van der Waals surface area contributed by atoms with Gasteiger partial charge in [-0.2, -0.15) is 0 Å². The quantitative estimate of drug-likeness (QED) is 0.513. The highest BCUT2D eigenvalue weighted by atomic mass is 32.2. The van der Waals surface area contributed by atoms with Crippen molar-refractivity contribution in [3.05, 3.63) is 42.2 Å². The molecule has 10 heteroatoms. The van der Waals surface area contributed by atoms with Crippen LogP contribution in [0.1, 0.15) is 12.7 Å². The summed E-state index contributed by atoms with van der Waals surface area (Å²) < 4.78 is 40.0. The molecule has 8 nitrogen and oxygen atoms in total. The van der Waals surface area contributed by atoms with Gasteiger partial charge in [-0.05, 0) is 12.1 Å². The lowest BCUT2D eigenvalue weighted by Crippen LogP contribution is -2.40. The Kier molecular flexibility index (Phi) is 7.07. The second kappa shape index (κ2) is 9.27. The number of guanidine groups is 1. The Labute approximate surface area is 152 Å². The van der Waals surface area contributed by atoms with Crippen LogP contribution in [0.3, 0.4) is 0 Å². The van der Waals surface area contributed by atoms with Crippen molar-refractivity contribution in [3.8, 4) is 0 Å². The average molecular weight is 382 g/mol. The molecule has 0 fully saturated rings. The third kappa shape index (κ3) is 5.25. The topological polar surface area (TPSA) is 101 Å². The van der Waals surface area contributed by atoms with Crippen molar-refractivity contribution in [2.75, 3.05) is 25.9 Å². The number of nitrogens with zero attached hydrogens (tertiary/aromatic N) is 4. The van der Waals surface area contributed by atoms with Crippen LogP contribution in [-0.4, -0.2) is 55.0 Å². The summed E-state index contributed by atoms with van der Waals surface area (Å²) in [5.74, 6) is 0.390. The van der Waals surface area contributed by atoms with E-state index in [0.29, 0.717) is 19.0 Å². The Bertz CT molecular complexity index is 850. The highest BCUT2D eigenvalue weighted by molar-refractivity contribution is 7.91. The number of halogens is 1. The molecule has 1 heterocycles. The van der Waals surface area contributed by atoms with Gasteiger partial charge in [-0.15, -0.1) is 10.2 Å². The van der Waals surface area contributed by atoms with E-state index >= 15 is 0 Å². The summed E-state index contributed by atoms with van der Waals surface area (Å²) in [4.78, 5) is 3.76. The molecule has 0 aliphatic heterocycles. The van der Waals surface area contributed by atoms with Gasteiger partial charge in [0.15, 0.2) is 15.8 Å². The summed E-state index contributed by atoms with van der Waals surface area (Å²) >= 11 is 0. The largest absolute Gasteiger partial charge is 0.355 e. The molecule has 0 bridgehead atoms. The van der Waals surface area contributed by atoms with E-state index < -0.39 is 15.7 Å². The van der Waals surface area contributed by atoms with Crippen molar-refractivity contribution < 1.29 is 12.8 Å². The van der Waals surface area contributed by atoms with Crippen LogP contribution < -0.4 is 10.6 Å². The van der Waals surface area contributed by atoms with Gasteiger partial charge in [0, 0.05) is 33.1 Å². The van der Waals surface area contributed by atoms with E-state index in [2.05, 4.69) is 25.8 Å². The van der Waals surface area contributed by atoms with Crippen LogP contribution in [0.5, 0.6) is 0 Å². The van der Waals surface area contributed by atoms with Crippen LogP contribution in [0, 0.1) is 5.82 Å². The van der Waals surface area contributed by atoms with Crippen LogP contribution >= 0.6 is 0 Å². The van der Waals surface area contributed by atoms with Gasteiger partial charge in [-0.3, -0.25) is 4.99 Å². The highest BCUT2D eigenvalue weighted by Gasteiger charge is 2.18. The van der Waals surface area contributed by atoms with Crippen molar-refractivity contribution in [2.45, 2.75) is 24.8 Å². The molecule has 0 saturated heterocycles. The molecule has 0 atom stereocenters. The highest BCUT2D eigenvalue weighted by Crippen LogP contribution is 2.14. The zero-order valence-corrected chi connectivity index (χ0v) is 15.6. The number of benzene rings is 1. The van der Waals surface area contributed by atoms with Crippen molar-refractivity contribution in [1.82, 2.24) is 25.4 Å². The Morgan fingerprint density at radius 1 is 1.27 bits per heavy atom. The smallest absolute Gasteiger partial charge is 0.191 e. The summed E-state index contributed by atoms with van der Waals surface area (Å²) in [5.41, 5.74) is 0. The predicted octanol–water partition coefficient (Wildman–Crippen LogP) is 0.619. The van der Waals surface area contributed by atoms with Crippen molar-refractivity contribution in [3.63, 3.8) is 0 Å². The molecule has 0 unspecified atom stereocenters. The van der Waals surface area contributed by atoms with Crippen molar-refractivity contribution >= 4 is 15.8 Å². The molecule has 0 aliphatic rings. The molecule has 0 aliphatic carbocycles. The van der Waals surface area contributed by atoms with E-state index in [1.165, 1.54) is 18.2 Å². The molecular weight excluding hydrogens is 359 g/mol. The molecule has 0 radical (unpaired) electrons. The lowest BCUT2D eigenvalue weighted by molar-refractivity contribution is 0.566. The van der Waals surface area contributed by atoms with E-state index in [1.807, 2.05) is 11.5 Å². The molecule has 2 aromatic rings. The average Bonchev–Trinajstić information content (AvgIpc) is 3.08. The van der Waals surface area contributed by atoms with Gasteiger partial charge in [0.2, 0.25) is 0 Å². The van der Waals surface area contributed by atoms with Gasteiger partial charge in [-0.1, -0.05) is 19.1 Å². The number of rotatable bonds is 8. The molecule has 0 amide bonds. The molecule has 1 aromatic heterocycles. The van der Waals surface area contributed by atoms with Gasteiger partial charge >= 0.3 is 0 Å². The Morgan fingerprint density at radius 3 is 2.69 bits per heavy atom. The molecule has 0 saturated carbocycles. The first kappa shape index (κ1) is 19.8. The van der Waals surface area contributed by atoms with Gasteiger partial charge in [-0.25, -0.2) is 12.8 Å². The third-order valence-electron chi connectivity index (χ3n) is 3.72. The summed E-state index contributed by atoms with van der Waals surface area (Å²) in [6.45, 7) is 3.35. The van der Waals surface area contributed by atoms with E-state index in [9.17, 15) is 12.8 Å². The second-order valence-corrected chi connectivity index (χ2v) is 7.55. The molecule has 142 valence electrons. The predicted molar refractivity (Wildman–Crippen MR) is 97.2 cm³/mol. The van der Waals surface area contributed by atoms with Gasteiger partial charge in [0.1, 0.15) is 22.9 Å². The molecule has 26 heavy (non-hydrogen) atoms. The lowest BCUT2D eigenvalue weighted by atomic mass is 10.3. The van der Waals surface area contributed by atoms with Crippen LogP contribution in [0.2, 0.25) is 0 Å². The Balaban J connectivity index is 1.81. The normalized spacial score (nSPS) is 12.2. The SMILES string of the molecule is CCc1nncn1CCNC(=NC)NCCS(=O)(=O)c1ccccc1F. The summed E-state index contributed by atoms with van der Waals surface area (Å²) in [6, 6.07) is 5.36. The van der Waals surface area contributed by atoms with Crippen LogP contribution in [0.15, 0.2) is 40.5 Å². The maximum Gasteiger partial charge on any atom is 0.191 e. The Hall–Kier alpha value is -2.49. The van der Waals surface area contributed by atoms with Crippen LogP contribution in [0.4, 0.5) is 4.39 Å². The van der Waals surface area contributed by atoms with E-state index in [1.54, 1.807) is 13.4 Å². The fraction of sp³-hybridized carbons (Fsp3) is 0.438. The van der Waals surface area contributed by atoms with Gasteiger partial charge in [0.05, 0.1) is 5.75 Å². The second-order valence-electron chi connectivity index (χ2n) is 5.47. The minimum atomic E-state index is -3.70. The zero-order valence-electron chi connectivity index (χ0n) is 14.8. The fourth-order valence-electron chi connectivity index (χ4n) is 2.37. The maximum absolute atomic E-state index is 13.7. The van der Waals surface area contributed by atoms with Gasteiger partial charge in [0.25, 0.3) is 0 Å². The molecule has 2 rings (SSSR count). The summed E-state index contributed by atoms with van der Waals surface area (Å²) in [5, 5.41) is 13.9. The van der Waals surface area contributed by atoms with E-state index in [-0.39, 0.29) is 17.2 Å². The van der Waals surface area contributed by atoms with Crippen molar-refractivity contribution in [2.24, 2.45) is 4.99 Å². The molecule has 0 spiro atoms. The third-order valence-corrected chi connectivity index (χ3v) is 5.46. The number of aliphatic imine (C=N–C) groups is 1. The number of hydrogen-bond donors (Lipinski definition) is 2. The van der Waals surface area contributed by atoms with E-state index in [0.717, 1.165) is 18.3 Å². The number of sulfone groups is 1. The standard InChI is InChI=1S/C16H23FN6O2S/c1-3-15-22-21-12-23(15)10-8-19-16(18-2)20-9-11-26(24,25)14-7-5-4-6-13(14)17/h4-7,12H,3,8-11H2,1-2H3,(H2,18,19,20). The van der Waals surface area contributed by atoms with E-state index in [4.69, 9.17) is 0 Å². The molecule has 2 N–H and O–H groups in total. The minimum absolute atomic E-state index is 0.114. The summed E-state index contributed by atoms with van der Waals surface area (Å²) in [7, 11) is -2.11. The zero-order chi connectivity index (χ0) is 19.0. The van der Waals surface area contributed by atoms with Crippen molar-refractivity contribution in [1.29, 1.82) is 0 Å².